The summed E-state index contributed by atoms with van der Waals surface area (Å²) in [6, 6.07) is 0. The molecule has 0 aliphatic carbocycles. The lowest BCUT2D eigenvalue weighted by molar-refractivity contribution is -0.128. The second kappa shape index (κ2) is 12.8. The third-order valence-electron chi connectivity index (χ3n) is 3.27. The van der Waals surface area contributed by atoms with Gasteiger partial charge in [-0.2, -0.15) is 0 Å². The zero-order chi connectivity index (χ0) is 19.4. The van der Waals surface area contributed by atoms with Gasteiger partial charge in [0.2, 0.25) is 17.7 Å². The predicted molar refractivity (Wildman–Crippen MR) is 101 cm³/mol. The summed E-state index contributed by atoms with van der Waals surface area (Å²) >= 11 is 1.95. The van der Waals surface area contributed by atoms with E-state index in [2.05, 4.69) is 16.0 Å². The minimum Gasteiger partial charge on any atom is -0.347 e. The molecule has 0 aliphatic rings. The lowest BCUT2D eigenvalue weighted by Gasteiger charge is -2.08. The number of amides is 3. The minimum absolute atomic E-state index is 0.0460. The van der Waals surface area contributed by atoms with E-state index in [-0.39, 0.29) is 53.4 Å². The normalized spacial score (nSPS) is 11.6. The summed E-state index contributed by atoms with van der Waals surface area (Å²) < 4.78 is -0.196. The van der Waals surface area contributed by atoms with Crippen LogP contribution in [-0.4, -0.2) is 52.8 Å². The van der Waals surface area contributed by atoms with Gasteiger partial charge in [-0.1, -0.05) is 36.4 Å². The molecule has 0 bridgehead atoms. The number of alkyl halides is 1. The quantitative estimate of drug-likeness (QED) is 0.278. The van der Waals surface area contributed by atoms with Crippen LogP contribution in [0.4, 0.5) is 0 Å². The van der Waals surface area contributed by atoms with Crippen molar-refractivity contribution in [1.29, 1.82) is 0 Å². The fraction of sp³-hybridized carbons (Fsp3) is 0.688. The molecular formula is C16H26IN3O5. The first-order valence-electron chi connectivity index (χ1n) is 8.13. The number of rotatable bonds is 12. The van der Waals surface area contributed by atoms with E-state index in [1.54, 1.807) is 20.8 Å². The van der Waals surface area contributed by atoms with E-state index in [1.807, 2.05) is 22.6 Å². The molecule has 0 aliphatic heterocycles. The van der Waals surface area contributed by atoms with Gasteiger partial charge in [-0.3, -0.25) is 24.0 Å². The smallest absolute Gasteiger partial charge is 0.239 e. The zero-order valence-corrected chi connectivity index (χ0v) is 17.0. The highest BCUT2D eigenvalue weighted by Crippen LogP contribution is 2.03. The summed E-state index contributed by atoms with van der Waals surface area (Å²) in [6.45, 7) is 4.75. The molecule has 1 unspecified atom stereocenters. The lowest BCUT2D eigenvalue weighted by atomic mass is 10.0. The average Bonchev–Trinajstić information content (AvgIpc) is 2.55. The van der Waals surface area contributed by atoms with Gasteiger partial charge in [0, 0.05) is 18.8 Å². The molecule has 3 amide bonds. The van der Waals surface area contributed by atoms with Crippen molar-refractivity contribution in [1.82, 2.24) is 16.0 Å². The van der Waals surface area contributed by atoms with Crippen LogP contribution in [0.2, 0.25) is 0 Å². The Morgan fingerprint density at radius 1 is 0.720 bits per heavy atom. The highest BCUT2D eigenvalue weighted by atomic mass is 127. The molecule has 0 aromatic heterocycles. The molecule has 0 saturated carbocycles. The number of hydrogen-bond acceptors (Lipinski definition) is 5. The van der Waals surface area contributed by atoms with Gasteiger partial charge in [0.1, 0.15) is 5.78 Å². The fourth-order valence-electron chi connectivity index (χ4n) is 1.61. The second-order valence-electron chi connectivity index (χ2n) is 5.89. The van der Waals surface area contributed by atoms with Crippen molar-refractivity contribution < 1.29 is 24.0 Å². The SMILES string of the molecule is CC(C)C(=O)CCCC(=O)NCC(=O)NCC(=O)NCC(=O)C(C)I. The van der Waals surface area contributed by atoms with Crippen molar-refractivity contribution >= 4 is 51.9 Å². The Morgan fingerprint density at radius 2 is 1.20 bits per heavy atom. The minimum atomic E-state index is -0.504. The van der Waals surface area contributed by atoms with Crippen molar-refractivity contribution in [3.05, 3.63) is 0 Å². The van der Waals surface area contributed by atoms with E-state index in [9.17, 15) is 24.0 Å². The topological polar surface area (TPSA) is 121 Å². The van der Waals surface area contributed by atoms with Gasteiger partial charge in [-0.25, -0.2) is 0 Å². The van der Waals surface area contributed by atoms with E-state index in [1.165, 1.54) is 0 Å². The van der Waals surface area contributed by atoms with Gasteiger partial charge in [0.15, 0.2) is 5.78 Å². The maximum Gasteiger partial charge on any atom is 0.239 e. The van der Waals surface area contributed by atoms with E-state index < -0.39 is 11.8 Å². The largest absolute Gasteiger partial charge is 0.347 e. The van der Waals surface area contributed by atoms with Crippen molar-refractivity contribution in [3.63, 3.8) is 0 Å². The molecule has 3 N–H and O–H groups in total. The molecule has 0 aromatic rings. The molecule has 0 radical (unpaired) electrons. The molecule has 0 spiro atoms. The van der Waals surface area contributed by atoms with Gasteiger partial charge in [-0.05, 0) is 13.3 Å². The van der Waals surface area contributed by atoms with E-state index >= 15 is 0 Å². The maximum atomic E-state index is 11.6. The molecule has 0 aromatic carbocycles. The van der Waals surface area contributed by atoms with Crippen molar-refractivity contribution in [2.45, 2.75) is 44.0 Å². The van der Waals surface area contributed by atoms with Crippen LogP contribution in [0, 0.1) is 5.92 Å². The highest BCUT2D eigenvalue weighted by molar-refractivity contribution is 14.1. The van der Waals surface area contributed by atoms with Crippen LogP contribution in [-0.2, 0) is 24.0 Å². The van der Waals surface area contributed by atoms with Crippen LogP contribution in [0.25, 0.3) is 0 Å². The van der Waals surface area contributed by atoms with Crippen LogP contribution in [0.1, 0.15) is 40.0 Å². The highest BCUT2D eigenvalue weighted by Gasteiger charge is 2.12. The monoisotopic (exact) mass is 467 g/mol. The first-order chi connectivity index (χ1) is 11.6. The Kier molecular flexibility index (Phi) is 12.0. The Bertz CT molecular complexity index is 506. The first kappa shape index (κ1) is 23.5. The summed E-state index contributed by atoms with van der Waals surface area (Å²) in [5.41, 5.74) is 0. The average molecular weight is 467 g/mol. The fourth-order valence-corrected chi connectivity index (χ4v) is 1.83. The first-order valence-corrected chi connectivity index (χ1v) is 9.37. The Labute approximate surface area is 161 Å². The summed E-state index contributed by atoms with van der Waals surface area (Å²) in [6.07, 6.45) is 0.949. The van der Waals surface area contributed by atoms with Crippen LogP contribution in [0.5, 0.6) is 0 Å². The van der Waals surface area contributed by atoms with Crippen LogP contribution in [0.3, 0.4) is 0 Å². The van der Waals surface area contributed by atoms with Gasteiger partial charge in [0.25, 0.3) is 0 Å². The van der Waals surface area contributed by atoms with E-state index in [4.69, 9.17) is 0 Å². The summed E-state index contributed by atoms with van der Waals surface area (Å²) in [4.78, 5) is 57.3. The molecule has 0 rings (SSSR count). The molecule has 1 atom stereocenters. The lowest BCUT2D eigenvalue weighted by Crippen LogP contribution is -2.43. The molecule has 0 fully saturated rings. The maximum absolute atomic E-state index is 11.6. The zero-order valence-electron chi connectivity index (χ0n) is 14.8. The molecule has 8 nitrogen and oxygen atoms in total. The Balaban J connectivity index is 3.82. The van der Waals surface area contributed by atoms with E-state index in [0.717, 1.165) is 0 Å². The summed E-state index contributed by atoms with van der Waals surface area (Å²) in [5.74, 6) is -1.35. The van der Waals surface area contributed by atoms with Gasteiger partial charge in [0.05, 0.1) is 23.6 Å². The number of halogens is 1. The Hall–Kier alpha value is -1.52. The van der Waals surface area contributed by atoms with Crippen LogP contribution in [0.15, 0.2) is 0 Å². The number of carbonyl (C=O) groups excluding carboxylic acids is 5. The molecule has 0 heterocycles. The number of ketones is 2. The van der Waals surface area contributed by atoms with Gasteiger partial charge >= 0.3 is 0 Å². The molecule has 0 saturated heterocycles. The van der Waals surface area contributed by atoms with Crippen molar-refractivity contribution in [3.8, 4) is 0 Å². The van der Waals surface area contributed by atoms with Crippen LogP contribution >= 0.6 is 22.6 Å². The standard InChI is InChI=1S/C16H26IN3O5/c1-10(2)12(21)5-4-6-14(23)19-8-16(25)20-9-15(24)18-7-13(22)11(3)17/h10-11H,4-9H2,1-3H3,(H,18,24)(H,19,23)(H,20,25). The number of nitrogens with one attached hydrogen (secondary N) is 3. The third kappa shape index (κ3) is 12.5. The second-order valence-corrected chi connectivity index (χ2v) is 7.76. The van der Waals surface area contributed by atoms with Gasteiger partial charge in [-0.15, -0.1) is 0 Å². The Morgan fingerprint density at radius 3 is 1.68 bits per heavy atom. The van der Waals surface area contributed by atoms with E-state index in [0.29, 0.717) is 12.8 Å². The third-order valence-corrected chi connectivity index (χ3v) is 3.96. The van der Waals surface area contributed by atoms with Gasteiger partial charge < -0.3 is 16.0 Å². The number of hydrogen-bond donors (Lipinski definition) is 3. The molecule has 9 heteroatoms. The molecular weight excluding hydrogens is 441 g/mol. The van der Waals surface area contributed by atoms with Crippen molar-refractivity contribution in [2.75, 3.05) is 19.6 Å². The number of carbonyl (C=O) groups is 5. The van der Waals surface area contributed by atoms with Crippen molar-refractivity contribution in [2.24, 2.45) is 5.92 Å². The number of Topliss-reactive ketones (excluding diaryl/α,β-unsaturated/α-hetero) is 2. The predicted octanol–water partition coefficient (Wildman–Crippen LogP) is 0.123. The summed E-state index contributed by atoms with van der Waals surface area (Å²) in [7, 11) is 0. The molecule has 25 heavy (non-hydrogen) atoms. The summed E-state index contributed by atoms with van der Waals surface area (Å²) in [5, 5.41) is 7.18. The molecule has 142 valence electrons. The van der Waals surface area contributed by atoms with Crippen LogP contribution < -0.4 is 16.0 Å².